The average Bonchev–Trinajstić information content (AvgIpc) is 2.09. The zero-order valence-corrected chi connectivity index (χ0v) is 9.69. The zero-order valence-electron chi connectivity index (χ0n) is 7.53. The van der Waals surface area contributed by atoms with Gasteiger partial charge in [-0.1, -0.05) is 0 Å². The molecule has 0 atom stereocenters. The smallest absolute Gasteiger partial charge is 0.403 e. The molecule has 0 spiro atoms. The predicted octanol–water partition coefficient (Wildman–Crippen LogP) is 3.36. The van der Waals surface area contributed by atoms with Gasteiger partial charge in [0.2, 0.25) is 0 Å². The molecule has 1 rings (SSSR count). The molecule has 0 aliphatic carbocycles. The van der Waals surface area contributed by atoms with Crippen LogP contribution in [0.4, 0.5) is 17.6 Å². The van der Waals surface area contributed by atoms with Crippen molar-refractivity contribution in [3.63, 3.8) is 0 Å². The molecule has 0 saturated heterocycles. The molecule has 0 fully saturated rings. The molecule has 0 aromatic carbocycles. The van der Waals surface area contributed by atoms with Crippen LogP contribution in [-0.2, 0) is 6.67 Å². The molecule has 0 N–H and O–H groups in total. The number of ether oxygens (including phenoxy) is 1. The van der Waals surface area contributed by atoms with Crippen LogP contribution in [0.1, 0.15) is 11.3 Å². The maximum Gasteiger partial charge on any atom is 0.573 e. The molecule has 0 radical (unpaired) electrons. The van der Waals surface area contributed by atoms with Gasteiger partial charge < -0.3 is 4.74 Å². The largest absolute Gasteiger partial charge is 0.573 e. The van der Waals surface area contributed by atoms with E-state index < -0.39 is 13.0 Å². The molecule has 0 saturated carbocycles. The number of aromatic nitrogens is 1. The maximum absolute atomic E-state index is 12.2. The highest BCUT2D eigenvalue weighted by atomic mass is 127. The summed E-state index contributed by atoms with van der Waals surface area (Å²) in [7, 11) is 0. The number of alkyl halides is 4. The van der Waals surface area contributed by atoms with Gasteiger partial charge in [0, 0.05) is 0 Å². The Balaban J connectivity index is 3.09. The third kappa shape index (κ3) is 3.47. The lowest BCUT2D eigenvalue weighted by molar-refractivity contribution is -0.275. The first kappa shape index (κ1) is 12.5. The van der Waals surface area contributed by atoms with Gasteiger partial charge in [-0.3, -0.25) is 0 Å². The Morgan fingerprint density at radius 3 is 2.47 bits per heavy atom. The van der Waals surface area contributed by atoms with Crippen LogP contribution in [0, 0.1) is 10.6 Å². The summed E-state index contributed by atoms with van der Waals surface area (Å²) < 4.78 is 51.9. The summed E-state index contributed by atoms with van der Waals surface area (Å²) in [5.74, 6) is -0.375. The number of halogens is 5. The van der Waals surface area contributed by atoms with E-state index in [4.69, 9.17) is 0 Å². The van der Waals surface area contributed by atoms with Gasteiger partial charge in [0.1, 0.15) is 10.4 Å². The Morgan fingerprint density at radius 2 is 2.07 bits per heavy atom. The van der Waals surface area contributed by atoms with E-state index in [0.29, 0.717) is 0 Å². The molecule has 1 aromatic rings. The second-order valence-corrected chi connectivity index (χ2v) is 3.75. The van der Waals surface area contributed by atoms with Crippen LogP contribution in [0.3, 0.4) is 0 Å². The normalized spacial score (nSPS) is 11.6. The van der Waals surface area contributed by atoms with Crippen molar-refractivity contribution in [1.82, 2.24) is 4.98 Å². The molecule has 0 aliphatic heterocycles. The highest BCUT2D eigenvalue weighted by Gasteiger charge is 2.33. The number of rotatable bonds is 2. The van der Waals surface area contributed by atoms with Crippen molar-refractivity contribution >= 4 is 22.6 Å². The van der Waals surface area contributed by atoms with E-state index in [9.17, 15) is 17.6 Å². The van der Waals surface area contributed by atoms with E-state index in [0.717, 1.165) is 0 Å². The lowest BCUT2D eigenvalue weighted by atomic mass is 10.2. The van der Waals surface area contributed by atoms with Crippen LogP contribution >= 0.6 is 22.6 Å². The molecule has 1 heterocycles. The van der Waals surface area contributed by atoms with Gasteiger partial charge in [0.15, 0.2) is 5.75 Å². The van der Waals surface area contributed by atoms with Gasteiger partial charge in [-0.15, -0.1) is 13.2 Å². The fraction of sp³-hybridized carbons (Fsp3) is 0.375. The molecule has 15 heavy (non-hydrogen) atoms. The van der Waals surface area contributed by atoms with E-state index >= 15 is 0 Å². The summed E-state index contributed by atoms with van der Waals surface area (Å²) >= 11 is 1.57. The number of hydrogen-bond acceptors (Lipinski definition) is 2. The van der Waals surface area contributed by atoms with Crippen LogP contribution in [0.25, 0.3) is 0 Å². The minimum atomic E-state index is -4.76. The first-order chi connectivity index (χ1) is 6.83. The highest BCUT2D eigenvalue weighted by molar-refractivity contribution is 14.1. The summed E-state index contributed by atoms with van der Waals surface area (Å²) in [5.41, 5.74) is 0.297. The van der Waals surface area contributed by atoms with Crippen LogP contribution < -0.4 is 4.74 Å². The second-order valence-electron chi connectivity index (χ2n) is 2.73. The molecule has 7 heteroatoms. The van der Waals surface area contributed by atoms with Crippen molar-refractivity contribution in [2.75, 3.05) is 0 Å². The number of pyridine rings is 1. The van der Waals surface area contributed by atoms with E-state index in [-0.39, 0.29) is 20.7 Å². The molecule has 0 aliphatic rings. The summed E-state index contributed by atoms with van der Waals surface area (Å²) in [6.45, 7) is 0.590. The van der Waals surface area contributed by atoms with Crippen LogP contribution in [0.2, 0.25) is 0 Å². The first-order valence-electron chi connectivity index (χ1n) is 3.81. The molecule has 2 nitrogen and oxygen atoms in total. The fourth-order valence-electron chi connectivity index (χ4n) is 0.994. The monoisotopic (exact) mass is 335 g/mol. The van der Waals surface area contributed by atoms with Gasteiger partial charge in [0.05, 0.1) is 5.69 Å². The van der Waals surface area contributed by atoms with Crippen molar-refractivity contribution in [2.24, 2.45) is 0 Å². The zero-order chi connectivity index (χ0) is 11.6. The number of aryl methyl sites for hydroxylation is 1. The van der Waals surface area contributed by atoms with Crippen molar-refractivity contribution in [3.05, 3.63) is 21.0 Å². The van der Waals surface area contributed by atoms with Gasteiger partial charge >= 0.3 is 6.36 Å². The summed E-state index contributed by atoms with van der Waals surface area (Å²) in [4.78, 5) is 3.62. The molecule has 1 aromatic heterocycles. The Labute approximate surface area is 96.8 Å². The predicted molar refractivity (Wildman–Crippen MR) is 53.2 cm³/mol. The molecule has 84 valence electrons. The lowest BCUT2D eigenvalue weighted by Crippen LogP contribution is -2.19. The van der Waals surface area contributed by atoms with Crippen molar-refractivity contribution < 1.29 is 22.3 Å². The van der Waals surface area contributed by atoms with Crippen LogP contribution in [0.5, 0.6) is 5.75 Å². The third-order valence-corrected chi connectivity index (χ3v) is 2.26. The third-order valence-electron chi connectivity index (χ3n) is 1.53. The van der Waals surface area contributed by atoms with Crippen molar-refractivity contribution in [2.45, 2.75) is 20.0 Å². The van der Waals surface area contributed by atoms with E-state index in [1.165, 1.54) is 13.0 Å². The Hall–Kier alpha value is -0.600. The van der Waals surface area contributed by atoms with Gasteiger partial charge in [-0.05, 0) is 41.1 Å². The van der Waals surface area contributed by atoms with Gasteiger partial charge in [-0.2, -0.15) is 0 Å². The van der Waals surface area contributed by atoms with E-state index in [2.05, 4.69) is 9.72 Å². The topological polar surface area (TPSA) is 22.1 Å². The molecule has 0 amide bonds. The maximum atomic E-state index is 12.2. The molecule has 0 bridgehead atoms. The quantitative estimate of drug-likeness (QED) is 0.470. The number of nitrogens with zero attached hydrogens (tertiary/aromatic N) is 1. The Kier molecular flexibility index (Phi) is 3.74. The highest BCUT2D eigenvalue weighted by Crippen LogP contribution is 2.30. The standard InChI is InChI=1S/C8H6F4INO/c1-4-2-5(3-9)14-7(13)6(4)15-8(10,11)12/h2H,3H2,1H3. The molecule has 0 unspecified atom stereocenters. The lowest BCUT2D eigenvalue weighted by Gasteiger charge is -2.13. The minimum Gasteiger partial charge on any atom is -0.403 e. The minimum absolute atomic E-state index is 0.00225. The Bertz CT molecular complexity index is 343. The van der Waals surface area contributed by atoms with Crippen molar-refractivity contribution in [1.29, 1.82) is 0 Å². The number of hydrogen-bond donors (Lipinski definition) is 0. The summed E-state index contributed by atoms with van der Waals surface area (Å²) in [6.07, 6.45) is -4.76. The van der Waals surface area contributed by atoms with Gasteiger partial charge in [0.25, 0.3) is 0 Å². The Morgan fingerprint density at radius 1 is 1.47 bits per heavy atom. The van der Waals surface area contributed by atoms with Gasteiger partial charge in [-0.25, -0.2) is 9.37 Å². The van der Waals surface area contributed by atoms with E-state index in [1.807, 2.05) is 0 Å². The van der Waals surface area contributed by atoms with Crippen molar-refractivity contribution in [3.8, 4) is 5.75 Å². The molecular formula is C8H6F4INO. The average molecular weight is 335 g/mol. The van der Waals surface area contributed by atoms with E-state index in [1.54, 1.807) is 22.6 Å². The summed E-state index contributed by atoms with van der Waals surface area (Å²) in [5, 5.41) is 0. The summed E-state index contributed by atoms with van der Waals surface area (Å²) in [6, 6.07) is 1.23. The molecular weight excluding hydrogens is 329 g/mol. The van der Waals surface area contributed by atoms with Crippen LogP contribution in [0.15, 0.2) is 6.07 Å². The van der Waals surface area contributed by atoms with Crippen LogP contribution in [-0.4, -0.2) is 11.3 Å². The SMILES string of the molecule is Cc1cc(CF)nc(I)c1OC(F)(F)F. The first-order valence-corrected chi connectivity index (χ1v) is 4.89. The fourth-order valence-corrected chi connectivity index (χ4v) is 1.84. The second kappa shape index (κ2) is 4.50.